The van der Waals surface area contributed by atoms with Crippen molar-refractivity contribution in [2.75, 3.05) is 13.2 Å². The summed E-state index contributed by atoms with van der Waals surface area (Å²) in [6.07, 6.45) is 0.900. The van der Waals surface area contributed by atoms with E-state index in [0.717, 1.165) is 0 Å². The summed E-state index contributed by atoms with van der Waals surface area (Å²) >= 11 is 0. The van der Waals surface area contributed by atoms with Crippen LogP contribution in [0.3, 0.4) is 0 Å². The molecule has 2 heterocycles. The van der Waals surface area contributed by atoms with Gasteiger partial charge in [0.1, 0.15) is 17.8 Å². The van der Waals surface area contributed by atoms with Crippen molar-refractivity contribution in [2.45, 2.75) is 26.4 Å². The van der Waals surface area contributed by atoms with Crippen LogP contribution in [0.4, 0.5) is 4.79 Å². The van der Waals surface area contributed by atoms with Gasteiger partial charge in [-0.05, 0) is 32.9 Å². The number of aromatic nitrogens is 3. The number of hydrogen-bond acceptors (Lipinski definition) is 6. The van der Waals surface area contributed by atoms with Crippen molar-refractivity contribution in [2.24, 2.45) is 0 Å². The zero-order valence-electron chi connectivity index (χ0n) is 13.1. The number of hydrogen-bond donors (Lipinski definition) is 2. The van der Waals surface area contributed by atoms with E-state index in [-0.39, 0.29) is 24.4 Å². The highest BCUT2D eigenvalue weighted by atomic mass is 16.6. The molecule has 2 rings (SSSR count). The van der Waals surface area contributed by atoms with Crippen LogP contribution in [0.25, 0.3) is 5.65 Å². The largest absolute Gasteiger partial charge is 0.460 e. The van der Waals surface area contributed by atoms with Gasteiger partial charge in [-0.25, -0.2) is 23.9 Å². The van der Waals surface area contributed by atoms with E-state index >= 15 is 0 Å². The molecule has 0 aromatic carbocycles. The highest BCUT2D eigenvalue weighted by Crippen LogP contribution is 2.08. The molecular formula is C14H18N4O5. The molecule has 0 unspecified atom stereocenters. The number of H-pyrrole nitrogens is 1. The monoisotopic (exact) mass is 322 g/mol. The van der Waals surface area contributed by atoms with Crippen LogP contribution in [-0.4, -0.2) is 45.4 Å². The summed E-state index contributed by atoms with van der Waals surface area (Å²) in [4.78, 5) is 34.9. The van der Waals surface area contributed by atoms with Gasteiger partial charge in [-0.3, -0.25) is 0 Å². The van der Waals surface area contributed by atoms with E-state index in [4.69, 9.17) is 9.47 Å². The number of fused-ring (bicyclic) bond motifs is 1. The van der Waals surface area contributed by atoms with Crippen LogP contribution in [0.15, 0.2) is 23.1 Å². The second-order valence-corrected chi connectivity index (χ2v) is 5.71. The molecular weight excluding hydrogens is 304 g/mol. The van der Waals surface area contributed by atoms with Crippen molar-refractivity contribution in [3.05, 3.63) is 34.4 Å². The van der Waals surface area contributed by atoms with Crippen molar-refractivity contribution in [1.82, 2.24) is 19.9 Å². The Bertz CT molecular complexity index is 771. The minimum Gasteiger partial charge on any atom is -0.460 e. The summed E-state index contributed by atoms with van der Waals surface area (Å²) in [6, 6.07) is 3.04. The van der Waals surface area contributed by atoms with Crippen molar-refractivity contribution >= 4 is 17.7 Å². The maximum Gasteiger partial charge on any atom is 0.407 e. The predicted molar refractivity (Wildman–Crippen MR) is 80.3 cm³/mol. The molecule has 0 aliphatic carbocycles. The van der Waals surface area contributed by atoms with Gasteiger partial charge < -0.3 is 14.8 Å². The molecule has 0 bridgehead atoms. The molecule has 23 heavy (non-hydrogen) atoms. The molecule has 0 aliphatic rings. The lowest BCUT2D eigenvalue weighted by molar-refractivity contribution is 0.0434. The Morgan fingerprint density at radius 1 is 1.39 bits per heavy atom. The molecule has 9 heteroatoms. The van der Waals surface area contributed by atoms with E-state index in [1.807, 2.05) is 0 Å². The van der Waals surface area contributed by atoms with Gasteiger partial charge in [-0.2, -0.15) is 5.10 Å². The second kappa shape index (κ2) is 6.51. The fraction of sp³-hybridized carbons (Fsp3) is 0.429. The van der Waals surface area contributed by atoms with Gasteiger partial charge in [-0.1, -0.05) is 0 Å². The Hall–Kier alpha value is -2.84. The highest BCUT2D eigenvalue weighted by Gasteiger charge is 2.17. The average molecular weight is 322 g/mol. The first-order valence-corrected chi connectivity index (χ1v) is 6.97. The Morgan fingerprint density at radius 2 is 2.13 bits per heavy atom. The number of nitrogens with zero attached hydrogens (tertiary/aromatic N) is 2. The number of esters is 1. The summed E-state index contributed by atoms with van der Waals surface area (Å²) in [5.74, 6) is -0.638. The molecule has 0 radical (unpaired) electrons. The Labute approximate surface area is 131 Å². The molecule has 2 N–H and O–H groups in total. The fourth-order valence-corrected chi connectivity index (χ4v) is 1.78. The minimum atomic E-state index is -0.638. The van der Waals surface area contributed by atoms with Crippen LogP contribution in [0.2, 0.25) is 0 Å². The molecule has 9 nitrogen and oxygen atoms in total. The molecule has 0 aliphatic heterocycles. The summed E-state index contributed by atoms with van der Waals surface area (Å²) in [6.45, 7) is 5.32. The van der Waals surface area contributed by atoms with Crippen molar-refractivity contribution in [3.8, 4) is 0 Å². The number of alkyl carbamates (subject to hydrolysis) is 1. The van der Waals surface area contributed by atoms with E-state index in [1.54, 1.807) is 26.8 Å². The van der Waals surface area contributed by atoms with Crippen LogP contribution in [0.5, 0.6) is 0 Å². The predicted octanol–water partition coefficient (Wildman–Crippen LogP) is 0.704. The summed E-state index contributed by atoms with van der Waals surface area (Å²) < 4.78 is 11.3. The Balaban J connectivity index is 1.88. The smallest absolute Gasteiger partial charge is 0.407 e. The van der Waals surface area contributed by atoms with Gasteiger partial charge in [0.05, 0.1) is 6.54 Å². The van der Waals surface area contributed by atoms with Crippen LogP contribution in [-0.2, 0) is 9.47 Å². The van der Waals surface area contributed by atoms with E-state index in [1.165, 1.54) is 16.7 Å². The average Bonchev–Trinajstić information content (AvgIpc) is 2.83. The van der Waals surface area contributed by atoms with Gasteiger partial charge in [0.25, 0.3) is 0 Å². The second-order valence-electron chi connectivity index (χ2n) is 5.71. The highest BCUT2D eigenvalue weighted by molar-refractivity contribution is 5.95. The van der Waals surface area contributed by atoms with Gasteiger partial charge in [0.2, 0.25) is 0 Å². The number of pyridine rings is 1. The number of ether oxygens (including phenoxy) is 2. The number of carbonyl (C=O) groups excluding carboxylic acids is 2. The SMILES string of the molecule is CC(C)(C)OC(=O)NCCOC(=O)c1cccn2c(=O)[nH]nc12. The third kappa shape index (κ3) is 4.31. The minimum absolute atomic E-state index is 0.0339. The third-order valence-electron chi connectivity index (χ3n) is 2.67. The number of carbonyl (C=O) groups is 2. The number of amides is 1. The van der Waals surface area contributed by atoms with Gasteiger partial charge in [0, 0.05) is 6.20 Å². The lowest BCUT2D eigenvalue weighted by Crippen LogP contribution is -2.34. The standard InChI is InChI=1S/C14H18N4O5/c1-14(2,3)23-13(21)15-6-8-22-11(19)9-5-4-7-18-10(9)16-17-12(18)20/h4-5,7H,6,8H2,1-3H3,(H,15,21)(H,17,20). The molecule has 0 spiro atoms. The van der Waals surface area contributed by atoms with Crippen molar-refractivity contribution in [3.63, 3.8) is 0 Å². The van der Waals surface area contributed by atoms with Crippen LogP contribution in [0.1, 0.15) is 31.1 Å². The first-order valence-electron chi connectivity index (χ1n) is 6.97. The van der Waals surface area contributed by atoms with Gasteiger partial charge in [-0.15, -0.1) is 0 Å². The lowest BCUT2D eigenvalue weighted by atomic mass is 10.2. The van der Waals surface area contributed by atoms with Crippen LogP contribution >= 0.6 is 0 Å². The van der Waals surface area contributed by atoms with E-state index in [0.29, 0.717) is 0 Å². The lowest BCUT2D eigenvalue weighted by Gasteiger charge is -2.19. The molecule has 0 saturated heterocycles. The van der Waals surface area contributed by atoms with E-state index < -0.39 is 23.4 Å². The first kappa shape index (κ1) is 16.5. The van der Waals surface area contributed by atoms with E-state index in [9.17, 15) is 14.4 Å². The fourth-order valence-electron chi connectivity index (χ4n) is 1.78. The van der Waals surface area contributed by atoms with Crippen molar-refractivity contribution in [1.29, 1.82) is 0 Å². The molecule has 0 atom stereocenters. The first-order chi connectivity index (χ1) is 10.8. The van der Waals surface area contributed by atoms with Gasteiger partial charge in [0.15, 0.2) is 5.65 Å². The third-order valence-corrected chi connectivity index (χ3v) is 2.67. The maximum atomic E-state index is 12.0. The van der Waals surface area contributed by atoms with Crippen LogP contribution < -0.4 is 11.0 Å². The van der Waals surface area contributed by atoms with E-state index in [2.05, 4.69) is 15.5 Å². The molecule has 0 saturated carbocycles. The van der Waals surface area contributed by atoms with Gasteiger partial charge >= 0.3 is 17.8 Å². The molecule has 0 fully saturated rings. The quantitative estimate of drug-likeness (QED) is 0.632. The Kier molecular flexibility index (Phi) is 4.68. The van der Waals surface area contributed by atoms with Crippen molar-refractivity contribution < 1.29 is 19.1 Å². The Morgan fingerprint density at radius 3 is 2.83 bits per heavy atom. The summed E-state index contributed by atoms with van der Waals surface area (Å²) in [5, 5.41) is 8.49. The number of aromatic amines is 1. The zero-order valence-corrected chi connectivity index (χ0v) is 13.1. The number of rotatable bonds is 4. The van der Waals surface area contributed by atoms with Crippen LogP contribution in [0, 0.1) is 0 Å². The molecule has 2 aromatic heterocycles. The zero-order chi connectivity index (χ0) is 17.0. The molecule has 2 aromatic rings. The topological polar surface area (TPSA) is 115 Å². The summed E-state index contributed by atoms with van der Waals surface area (Å²) in [7, 11) is 0. The normalized spacial score (nSPS) is 11.3. The molecule has 124 valence electrons. The summed E-state index contributed by atoms with van der Waals surface area (Å²) in [5.41, 5.74) is -0.698. The maximum absolute atomic E-state index is 12.0. The molecule has 1 amide bonds. The number of nitrogens with one attached hydrogen (secondary N) is 2.